The molecule has 2 unspecified atom stereocenters. The van der Waals surface area contributed by atoms with Crippen molar-refractivity contribution in [3.8, 4) is 0 Å². The van der Waals surface area contributed by atoms with E-state index in [9.17, 15) is 18.8 Å². The van der Waals surface area contributed by atoms with Crippen LogP contribution >= 0.6 is 11.3 Å². The molecule has 1 aliphatic heterocycles. The number of aromatic nitrogens is 1. The summed E-state index contributed by atoms with van der Waals surface area (Å²) in [4.78, 5) is 44.2. The van der Waals surface area contributed by atoms with Crippen LogP contribution in [0.1, 0.15) is 56.9 Å². The molecule has 4 rings (SSSR count). The van der Waals surface area contributed by atoms with E-state index in [1.165, 1.54) is 36.5 Å². The minimum atomic E-state index is -1.03. The maximum absolute atomic E-state index is 13.5. The molecule has 2 amide bonds. The van der Waals surface area contributed by atoms with Gasteiger partial charge in [-0.05, 0) is 37.5 Å². The number of hydrogen-bond donors (Lipinski definition) is 1. The number of rotatable bonds is 5. The first kappa shape index (κ1) is 21.4. The lowest BCUT2D eigenvalue weighted by molar-refractivity contribution is -0.156. The van der Waals surface area contributed by atoms with E-state index in [4.69, 9.17) is 4.74 Å². The molecule has 164 valence electrons. The summed E-state index contributed by atoms with van der Waals surface area (Å²) in [6.07, 6.45) is 5.49. The van der Waals surface area contributed by atoms with Crippen LogP contribution in [0, 0.1) is 5.82 Å². The molecule has 1 aromatic heterocycles. The molecular formula is C22H24FN3O4S. The molecule has 0 saturated heterocycles. The molecule has 2 atom stereocenters. The Labute approximate surface area is 183 Å². The molecule has 0 radical (unpaired) electrons. The zero-order chi connectivity index (χ0) is 22.0. The molecule has 2 aliphatic rings. The average molecular weight is 446 g/mol. The topological polar surface area (TPSA) is 88.6 Å². The third-order valence-corrected chi connectivity index (χ3v) is 6.55. The van der Waals surface area contributed by atoms with E-state index in [0.29, 0.717) is 10.7 Å². The molecule has 1 aliphatic carbocycles. The molecule has 7 nitrogen and oxygen atoms in total. The van der Waals surface area contributed by atoms with Gasteiger partial charge in [0.15, 0.2) is 11.2 Å². The minimum Gasteiger partial charge on any atom is -0.452 e. The van der Waals surface area contributed by atoms with Crippen molar-refractivity contribution in [2.75, 3.05) is 10.2 Å². The van der Waals surface area contributed by atoms with Crippen molar-refractivity contribution in [1.82, 2.24) is 4.98 Å². The highest BCUT2D eigenvalue weighted by Crippen LogP contribution is 2.34. The van der Waals surface area contributed by atoms with Crippen molar-refractivity contribution in [3.63, 3.8) is 0 Å². The number of thiazole rings is 1. The molecule has 0 spiro atoms. The van der Waals surface area contributed by atoms with Gasteiger partial charge in [0.1, 0.15) is 5.82 Å². The Kier molecular flexibility index (Phi) is 6.31. The highest BCUT2D eigenvalue weighted by atomic mass is 32.1. The largest absolute Gasteiger partial charge is 0.452 e. The fourth-order valence-corrected chi connectivity index (χ4v) is 4.97. The number of fused-ring (bicyclic) bond motifs is 1. The van der Waals surface area contributed by atoms with E-state index in [0.717, 1.165) is 32.1 Å². The van der Waals surface area contributed by atoms with Gasteiger partial charge in [0.05, 0.1) is 5.92 Å². The van der Waals surface area contributed by atoms with Crippen LogP contribution in [0.15, 0.2) is 29.8 Å². The van der Waals surface area contributed by atoms with Gasteiger partial charge in [-0.2, -0.15) is 0 Å². The predicted molar refractivity (Wildman–Crippen MR) is 114 cm³/mol. The SMILES string of the molecule is CC(OC(=O)C1CC(=O)Nc2cc(F)ccc21)C(=O)N(c1nccs1)C1CCCCC1. The van der Waals surface area contributed by atoms with Gasteiger partial charge in [0, 0.05) is 29.7 Å². The highest BCUT2D eigenvalue weighted by Gasteiger charge is 2.37. The number of benzene rings is 1. The molecule has 2 heterocycles. The summed E-state index contributed by atoms with van der Waals surface area (Å²) in [5.74, 6) is -2.79. The Hall–Kier alpha value is -2.81. The van der Waals surface area contributed by atoms with Gasteiger partial charge < -0.3 is 10.1 Å². The summed E-state index contributed by atoms with van der Waals surface area (Å²) in [7, 11) is 0. The molecule has 1 N–H and O–H groups in total. The smallest absolute Gasteiger partial charge is 0.314 e. The van der Waals surface area contributed by atoms with Gasteiger partial charge in [-0.15, -0.1) is 11.3 Å². The van der Waals surface area contributed by atoms with Crippen molar-refractivity contribution in [2.24, 2.45) is 0 Å². The Morgan fingerprint density at radius 1 is 1.29 bits per heavy atom. The van der Waals surface area contributed by atoms with E-state index < -0.39 is 29.7 Å². The fourth-order valence-electron chi connectivity index (χ4n) is 4.25. The van der Waals surface area contributed by atoms with Crippen LogP contribution < -0.4 is 10.2 Å². The molecule has 9 heteroatoms. The summed E-state index contributed by atoms with van der Waals surface area (Å²) in [6.45, 7) is 1.54. The van der Waals surface area contributed by atoms with E-state index >= 15 is 0 Å². The zero-order valence-corrected chi connectivity index (χ0v) is 18.0. The number of carbonyl (C=O) groups is 3. The second kappa shape index (κ2) is 9.13. The summed E-state index contributed by atoms with van der Waals surface area (Å²) >= 11 is 1.37. The van der Waals surface area contributed by atoms with Gasteiger partial charge in [-0.1, -0.05) is 25.3 Å². The predicted octanol–water partition coefficient (Wildman–Crippen LogP) is 4.01. The zero-order valence-electron chi connectivity index (χ0n) is 17.2. The van der Waals surface area contributed by atoms with Gasteiger partial charge in [0.2, 0.25) is 5.91 Å². The Morgan fingerprint density at radius 3 is 2.77 bits per heavy atom. The van der Waals surface area contributed by atoms with Crippen LogP contribution in [-0.4, -0.2) is 34.9 Å². The normalized spacial score (nSPS) is 19.8. The number of esters is 1. The molecule has 1 saturated carbocycles. The van der Waals surface area contributed by atoms with Crippen molar-refractivity contribution >= 4 is 39.9 Å². The van der Waals surface area contributed by atoms with Crippen LogP contribution in [0.25, 0.3) is 0 Å². The lowest BCUT2D eigenvalue weighted by Crippen LogP contribution is -2.47. The van der Waals surface area contributed by atoms with E-state index in [-0.39, 0.29) is 24.1 Å². The maximum Gasteiger partial charge on any atom is 0.314 e. The van der Waals surface area contributed by atoms with E-state index in [1.54, 1.807) is 11.1 Å². The highest BCUT2D eigenvalue weighted by molar-refractivity contribution is 7.13. The lowest BCUT2D eigenvalue weighted by atomic mass is 9.90. The quantitative estimate of drug-likeness (QED) is 0.703. The van der Waals surface area contributed by atoms with Crippen LogP contribution in [0.5, 0.6) is 0 Å². The molecule has 31 heavy (non-hydrogen) atoms. The van der Waals surface area contributed by atoms with Crippen molar-refractivity contribution in [2.45, 2.75) is 63.5 Å². The summed E-state index contributed by atoms with van der Waals surface area (Å²) in [6, 6.07) is 3.90. The van der Waals surface area contributed by atoms with Crippen molar-refractivity contribution in [3.05, 3.63) is 41.2 Å². The lowest BCUT2D eigenvalue weighted by Gasteiger charge is -2.34. The Morgan fingerprint density at radius 2 is 2.06 bits per heavy atom. The number of ether oxygens (including phenoxy) is 1. The number of anilines is 2. The van der Waals surface area contributed by atoms with E-state index in [1.807, 2.05) is 5.38 Å². The Bertz CT molecular complexity index is 975. The first-order valence-corrected chi connectivity index (χ1v) is 11.3. The number of halogens is 1. The molecule has 1 fully saturated rings. The number of nitrogens with zero attached hydrogens (tertiary/aromatic N) is 2. The summed E-state index contributed by atoms with van der Waals surface area (Å²) < 4.78 is 19.1. The minimum absolute atomic E-state index is 0.0257. The van der Waals surface area contributed by atoms with Gasteiger partial charge >= 0.3 is 5.97 Å². The molecule has 0 bridgehead atoms. The molecule has 1 aromatic carbocycles. The summed E-state index contributed by atoms with van der Waals surface area (Å²) in [5.41, 5.74) is 0.735. The fraction of sp³-hybridized carbons (Fsp3) is 0.455. The van der Waals surface area contributed by atoms with Crippen LogP contribution in [-0.2, 0) is 19.1 Å². The number of hydrogen-bond acceptors (Lipinski definition) is 6. The summed E-state index contributed by atoms with van der Waals surface area (Å²) in [5, 5.41) is 4.98. The van der Waals surface area contributed by atoms with Crippen LogP contribution in [0.2, 0.25) is 0 Å². The maximum atomic E-state index is 13.5. The van der Waals surface area contributed by atoms with Gasteiger partial charge in [-0.3, -0.25) is 19.3 Å². The first-order valence-electron chi connectivity index (χ1n) is 10.5. The van der Waals surface area contributed by atoms with Crippen LogP contribution in [0.3, 0.4) is 0 Å². The first-order chi connectivity index (χ1) is 14.9. The Balaban J connectivity index is 1.51. The van der Waals surface area contributed by atoms with Crippen molar-refractivity contribution in [1.29, 1.82) is 0 Å². The average Bonchev–Trinajstić information content (AvgIpc) is 3.28. The third kappa shape index (κ3) is 4.61. The number of carbonyl (C=O) groups excluding carboxylic acids is 3. The second-order valence-corrected chi connectivity index (χ2v) is 8.80. The second-order valence-electron chi connectivity index (χ2n) is 7.93. The monoisotopic (exact) mass is 445 g/mol. The molecule has 2 aromatic rings. The standard InChI is InChI=1S/C22H24FN3O4S/c1-13(20(28)26(22-24-9-10-31-22)15-5-3-2-4-6-15)30-21(29)17-12-19(27)25-18-11-14(23)7-8-16(17)18/h7-11,13,15,17H,2-6,12H2,1H3,(H,25,27). The molecular weight excluding hydrogens is 421 g/mol. The number of amides is 2. The number of nitrogens with one attached hydrogen (secondary N) is 1. The van der Waals surface area contributed by atoms with Gasteiger partial charge in [0.25, 0.3) is 5.91 Å². The van der Waals surface area contributed by atoms with Crippen LogP contribution in [0.4, 0.5) is 15.2 Å². The van der Waals surface area contributed by atoms with E-state index in [2.05, 4.69) is 10.3 Å². The third-order valence-electron chi connectivity index (χ3n) is 5.78. The van der Waals surface area contributed by atoms with Gasteiger partial charge in [-0.25, -0.2) is 9.37 Å². The van der Waals surface area contributed by atoms with Crippen molar-refractivity contribution < 1.29 is 23.5 Å².